The van der Waals surface area contributed by atoms with Gasteiger partial charge in [0.15, 0.2) is 0 Å². The molecule has 1 heterocycles. The van der Waals surface area contributed by atoms with Crippen LogP contribution in [0.3, 0.4) is 0 Å². The Labute approximate surface area is 120 Å². The third-order valence-electron chi connectivity index (χ3n) is 3.76. The van der Waals surface area contributed by atoms with Gasteiger partial charge >= 0.3 is 0 Å². The van der Waals surface area contributed by atoms with Crippen molar-refractivity contribution in [3.05, 3.63) is 48.5 Å². The van der Waals surface area contributed by atoms with Crippen molar-refractivity contribution in [2.45, 2.75) is 19.3 Å². The van der Waals surface area contributed by atoms with Gasteiger partial charge in [0.25, 0.3) is 0 Å². The molecule has 1 aliphatic heterocycles. The number of nitrogens with one attached hydrogen (secondary N) is 1. The van der Waals surface area contributed by atoms with Crippen LogP contribution < -0.4 is 16.0 Å². The molecule has 3 rings (SSSR count). The van der Waals surface area contributed by atoms with Crippen molar-refractivity contribution in [3.8, 4) is 0 Å². The molecule has 3 nitrogen and oxygen atoms in total. The number of anilines is 4. The molecule has 2 aromatic carbocycles. The normalized spacial score (nSPS) is 15.1. The van der Waals surface area contributed by atoms with Crippen molar-refractivity contribution in [2.75, 3.05) is 29.0 Å². The quantitative estimate of drug-likeness (QED) is 0.826. The molecule has 0 aromatic heterocycles. The smallest absolute Gasteiger partial charge is 0.0404 e. The first-order valence-corrected chi connectivity index (χ1v) is 7.29. The summed E-state index contributed by atoms with van der Waals surface area (Å²) in [7, 11) is 0. The molecular weight excluding hydrogens is 246 g/mol. The van der Waals surface area contributed by atoms with E-state index in [1.165, 1.54) is 38.0 Å². The zero-order chi connectivity index (χ0) is 13.8. The lowest BCUT2D eigenvalue weighted by Gasteiger charge is -2.28. The fourth-order valence-electron chi connectivity index (χ4n) is 2.69. The predicted molar refractivity (Wildman–Crippen MR) is 86.6 cm³/mol. The maximum absolute atomic E-state index is 5.79. The van der Waals surface area contributed by atoms with E-state index >= 15 is 0 Å². The van der Waals surface area contributed by atoms with E-state index in [0.29, 0.717) is 0 Å². The highest BCUT2D eigenvalue weighted by atomic mass is 15.1. The molecule has 0 atom stereocenters. The minimum atomic E-state index is 0.778. The number of nitrogens with two attached hydrogens (primary N) is 1. The zero-order valence-corrected chi connectivity index (χ0v) is 11.7. The summed E-state index contributed by atoms with van der Waals surface area (Å²) in [5, 5.41) is 3.38. The van der Waals surface area contributed by atoms with Crippen molar-refractivity contribution in [1.29, 1.82) is 0 Å². The van der Waals surface area contributed by atoms with Gasteiger partial charge in [-0.15, -0.1) is 0 Å². The highest BCUT2D eigenvalue weighted by Gasteiger charge is 2.10. The minimum Gasteiger partial charge on any atom is -0.399 e. The van der Waals surface area contributed by atoms with Crippen molar-refractivity contribution in [3.63, 3.8) is 0 Å². The molecule has 0 saturated carbocycles. The summed E-state index contributed by atoms with van der Waals surface area (Å²) in [5.41, 5.74) is 10.0. The van der Waals surface area contributed by atoms with Crippen molar-refractivity contribution < 1.29 is 0 Å². The van der Waals surface area contributed by atoms with Crippen LogP contribution in [0.15, 0.2) is 48.5 Å². The zero-order valence-electron chi connectivity index (χ0n) is 11.7. The summed E-state index contributed by atoms with van der Waals surface area (Å²) in [6, 6.07) is 16.5. The third-order valence-corrected chi connectivity index (χ3v) is 3.76. The second-order valence-corrected chi connectivity index (χ2v) is 5.35. The summed E-state index contributed by atoms with van der Waals surface area (Å²) in [6.45, 7) is 2.37. The van der Waals surface area contributed by atoms with E-state index in [2.05, 4.69) is 34.5 Å². The molecule has 0 spiro atoms. The Balaban J connectivity index is 1.69. The van der Waals surface area contributed by atoms with Crippen LogP contribution in [-0.4, -0.2) is 13.1 Å². The molecule has 1 fully saturated rings. The summed E-state index contributed by atoms with van der Waals surface area (Å²) in [5.74, 6) is 0. The van der Waals surface area contributed by atoms with Gasteiger partial charge in [-0.2, -0.15) is 0 Å². The molecule has 0 unspecified atom stereocenters. The average Bonchev–Trinajstić information content (AvgIpc) is 2.49. The molecule has 0 bridgehead atoms. The minimum absolute atomic E-state index is 0.778. The predicted octanol–water partition coefficient (Wildman–Crippen LogP) is 4.00. The van der Waals surface area contributed by atoms with Gasteiger partial charge in [-0.05, 0) is 61.7 Å². The Morgan fingerprint density at radius 3 is 2.30 bits per heavy atom. The number of piperidine rings is 1. The van der Waals surface area contributed by atoms with Crippen molar-refractivity contribution >= 4 is 22.7 Å². The highest BCUT2D eigenvalue weighted by Crippen LogP contribution is 2.24. The van der Waals surface area contributed by atoms with Gasteiger partial charge in [-0.25, -0.2) is 0 Å². The number of benzene rings is 2. The Bertz CT molecular complexity index is 557. The fourth-order valence-corrected chi connectivity index (χ4v) is 2.69. The Kier molecular flexibility index (Phi) is 3.77. The number of hydrogen-bond acceptors (Lipinski definition) is 3. The largest absolute Gasteiger partial charge is 0.399 e. The first-order chi connectivity index (χ1) is 9.81. The van der Waals surface area contributed by atoms with E-state index in [1.807, 2.05) is 24.3 Å². The Hall–Kier alpha value is -2.16. The summed E-state index contributed by atoms with van der Waals surface area (Å²) >= 11 is 0. The summed E-state index contributed by atoms with van der Waals surface area (Å²) in [6.07, 6.45) is 3.98. The Morgan fingerprint density at radius 1 is 0.850 bits per heavy atom. The lowest BCUT2D eigenvalue weighted by molar-refractivity contribution is 0.578. The number of rotatable bonds is 3. The second kappa shape index (κ2) is 5.87. The lowest BCUT2D eigenvalue weighted by Crippen LogP contribution is -2.29. The van der Waals surface area contributed by atoms with Gasteiger partial charge in [0.05, 0.1) is 0 Å². The van der Waals surface area contributed by atoms with Gasteiger partial charge in [-0.3, -0.25) is 0 Å². The van der Waals surface area contributed by atoms with Gasteiger partial charge in [0.2, 0.25) is 0 Å². The first kappa shape index (κ1) is 12.9. The van der Waals surface area contributed by atoms with Crippen molar-refractivity contribution in [2.24, 2.45) is 0 Å². The second-order valence-electron chi connectivity index (χ2n) is 5.35. The number of hydrogen-bond donors (Lipinski definition) is 2. The molecule has 20 heavy (non-hydrogen) atoms. The molecule has 0 amide bonds. The van der Waals surface area contributed by atoms with E-state index < -0.39 is 0 Å². The monoisotopic (exact) mass is 267 g/mol. The molecule has 3 N–H and O–H groups in total. The number of nitrogen functional groups attached to an aromatic ring is 1. The van der Waals surface area contributed by atoms with E-state index in [9.17, 15) is 0 Å². The van der Waals surface area contributed by atoms with E-state index in [4.69, 9.17) is 5.73 Å². The van der Waals surface area contributed by atoms with Crippen LogP contribution in [0.1, 0.15) is 19.3 Å². The Morgan fingerprint density at radius 2 is 1.60 bits per heavy atom. The summed E-state index contributed by atoms with van der Waals surface area (Å²) < 4.78 is 0. The molecule has 1 saturated heterocycles. The van der Waals surface area contributed by atoms with Crippen LogP contribution in [0.2, 0.25) is 0 Å². The van der Waals surface area contributed by atoms with Crippen molar-refractivity contribution in [1.82, 2.24) is 0 Å². The van der Waals surface area contributed by atoms with E-state index in [0.717, 1.165) is 17.1 Å². The van der Waals surface area contributed by atoms with Crippen LogP contribution in [0.5, 0.6) is 0 Å². The topological polar surface area (TPSA) is 41.3 Å². The molecule has 104 valence electrons. The molecule has 0 aliphatic carbocycles. The maximum Gasteiger partial charge on any atom is 0.0404 e. The molecule has 2 aromatic rings. The molecule has 1 aliphatic rings. The standard InChI is InChI=1S/C17H21N3/c18-14-5-4-6-16(13-14)19-15-7-9-17(10-8-15)20-11-2-1-3-12-20/h4-10,13,19H,1-3,11-12,18H2. The first-order valence-electron chi connectivity index (χ1n) is 7.29. The summed E-state index contributed by atoms with van der Waals surface area (Å²) in [4.78, 5) is 2.47. The van der Waals surface area contributed by atoms with Gasteiger partial charge in [-0.1, -0.05) is 6.07 Å². The fraction of sp³-hybridized carbons (Fsp3) is 0.294. The number of nitrogens with zero attached hydrogens (tertiary/aromatic N) is 1. The molecule has 3 heteroatoms. The van der Waals surface area contributed by atoms with Gasteiger partial charge < -0.3 is 16.0 Å². The SMILES string of the molecule is Nc1cccc(Nc2ccc(N3CCCCC3)cc2)c1. The van der Waals surface area contributed by atoms with Crippen LogP contribution in [-0.2, 0) is 0 Å². The van der Waals surface area contributed by atoms with Crippen LogP contribution >= 0.6 is 0 Å². The maximum atomic E-state index is 5.79. The van der Waals surface area contributed by atoms with Gasteiger partial charge in [0.1, 0.15) is 0 Å². The van der Waals surface area contributed by atoms with Crippen LogP contribution in [0, 0.1) is 0 Å². The highest BCUT2D eigenvalue weighted by molar-refractivity contribution is 5.65. The van der Waals surface area contributed by atoms with E-state index in [-0.39, 0.29) is 0 Å². The third kappa shape index (κ3) is 3.05. The van der Waals surface area contributed by atoms with Gasteiger partial charge in [0, 0.05) is 35.8 Å². The van der Waals surface area contributed by atoms with Crippen LogP contribution in [0.4, 0.5) is 22.7 Å². The average molecular weight is 267 g/mol. The van der Waals surface area contributed by atoms with Crippen LogP contribution in [0.25, 0.3) is 0 Å². The molecular formula is C17H21N3. The lowest BCUT2D eigenvalue weighted by atomic mass is 10.1. The molecule has 0 radical (unpaired) electrons. The van der Waals surface area contributed by atoms with E-state index in [1.54, 1.807) is 0 Å².